The number of hydrogen-bond donors (Lipinski definition) is 2. The number of nitrogens with two attached hydrogens (primary N) is 1. The number of rotatable bonds is 5. The number of ether oxygens (including phenoxy) is 1. The van der Waals surface area contributed by atoms with Crippen LogP contribution in [0, 0.1) is 5.82 Å². The van der Waals surface area contributed by atoms with E-state index >= 15 is 0 Å². The van der Waals surface area contributed by atoms with E-state index in [-0.39, 0.29) is 23.2 Å². The molecule has 0 aliphatic heterocycles. The summed E-state index contributed by atoms with van der Waals surface area (Å²) >= 11 is 0. The number of hydrogen-bond acceptors (Lipinski definition) is 4. The highest BCUT2D eigenvalue weighted by Gasteiger charge is 2.16. The van der Waals surface area contributed by atoms with Gasteiger partial charge in [-0.3, -0.25) is 0 Å². The van der Waals surface area contributed by atoms with Gasteiger partial charge in [-0.15, -0.1) is 0 Å². The Morgan fingerprint density at radius 2 is 2.12 bits per heavy atom. The summed E-state index contributed by atoms with van der Waals surface area (Å²) < 4.78 is 43.8. The van der Waals surface area contributed by atoms with Gasteiger partial charge in [0.05, 0.1) is 11.0 Å². The Morgan fingerprint density at radius 1 is 1.47 bits per heavy atom. The highest BCUT2D eigenvalue weighted by molar-refractivity contribution is 7.89. The first-order valence-electron chi connectivity index (χ1n) is 4.93. The Bertz CT molecular complexity index is 470. The molecule has 17 heavy (non-hydrogen) atoms. The lowest BCUT2D eigenvalue weighted by Gasteiger charge is -2.11. The number of halogens is 1. The van der Waals surface area contributed by atoms with E-state index < -0.39 is 15.8 Å². The van der Waals surface area contributed by atoms with E-state index in [1.807, 2.05) is 0 Å². The smallest absolute Gasteiger partial charge is 0.240 e. The second kappa shape index (κ2) is 5.44. The van der Waals surface area contributed by atoms with Gasteiger partial charge in [-0.25, -0.2) is 17.5 Å². The van der Waals surface area contributed by atoms with Gasteiger partial charge in [0, 0.05) is 19.3 Å². The monoisotopic (exact) mass is 262 g/mol. The molecular weight excluding hydrogens is 247 g/mol. The molecule has 0 aliphatic rings. The third kappa shape index (κ3) is 3.95. The minimum Gasteiger partial charge on any atom is -0.399 e. The fourth-order valence-corrected chi connectivity index (χ4v) is 2.31. The third-order valence-electron chi connectivity index (χ3n) is 2.17. The fourth-order valence-electron chi connectivity index (χ4n) is 1.13. The highest BCUT2D eigenvalue weighted by Crippen LogP contribution is 2.15. The molecule has 1 unspecified atom stereocenters. The summed E-state index contributed by atoms with van der Waals surface area (Å²) in [7, 11) is -2.29. The number of anilines is 1. The van der Waals surface area contributed by atoms with Crippen LogP contribution in [0.4, 0.5) is 10.1 Å². The normalized spacial score (nSPS) is 13.6. The Kier molecular flexibility index (Phi) is 4.44. The van der Waals surface area contributed by atoms with E-state index in [1.54, 1.807) is 6.92 Å². The summed E-state index contributed by atoms with van der Waals surface area (Å²) in [5.74, 6) is -0.690. The number of nitrogens with one attached hydrogen (secondary N) is 1. The molecule has 0 saturated heterocycles. The van der Waals surface area contributed by atoms with E-state index in [0.717, 1.165) is 12.1 Å². The zero-order valence-corrected chi connectivity index (χ0v) is 10.4. The van der Waals surface area contributed by atoms with E-state index in [0.29, 0.717) is 0 Å². The number of nitrogen functional groups attached to an aromatic ring is 1. The predicted octanol–water partition coefficient (Wildman–Crippen LogP) is 0.721. The van der Waals surface area contributed by atoms with Gasteiger partial charge in [0.25, 0.3) is 0 Å². The van der Waals surface area contributed by atoms with Crippen LogP contribution in [0.1, 0.15) is 6.92 Å². The lowest BCUT2D eigenvalue weighted by molar-refractivity contribution is 0.122. The molecule has 0 aliphatic carbocycles. The van der Waals surface area contributed by atoms with Crippen molar-refractivity contribution < 1.29 is 17.5 Å². The number of benzene rings is 1. The second-order valence-corrected chi connectivity index (χ2v) is 5.39. The summed E-state index contributed by atoms with van der Waals surface area (Å²) in [6, 6.07) is 3.16. The molecule has 1 aromatic carbocycles. The maximum absolute atomic E-state index is 13.0. The van der Waals surface area contributed by atoms with Crippen LogP contribution in [0.15, 0.2) is 23.1 Å². The maximum Gasteiger partial charge on any atom is 0.240 e. The Morgan fingerprint density at radius 3 is 2.65 bits per heavy atom. The van der Waals surface area contributed by atoms with Crippen LogP contribution in [0.5, 0.6) is 0 Å². The van der Waals surface area contributed by atoms with Crippen LogP contribution < -0.4 is 10.5 Å². The summed E-state index contributed by atoms with van der Waals surface area (Å²) in [6.07, 6.45) is -0.268. The van der Waals surface area contributed by atoms with E-state index in [1.165, 1.54) is 13.2 Å². The minimum absolute atomic E-state index is 0.0603. The highest BCUT2D eigenvalue weighted by atomic mass is 32.2. The van der Waals surface area contributed by atoms with Crippen molar-refractivity contribution in [3.63, 3.8) is 0 Å². The van der Waals surface area contributed by atoms with E-state index in [2.05, 4.69) is 4.72 Å². The van der Waals surface area contributed by atoms with Crippen molar-refractivity contribution in [3.8, 4) is 0 Å². The van der Waals surface area contributed by atoms with Crippen molar-refractivity contribution >= 4 is 15.7 Å². The Hall–Kier alpha value is -1.18. The van der Waals surface area contributed by atoms with Crippen LogP contribution in [0.2, 0.25) is 0 Å². The van der Waals surface area contributed by atoms with Gasteiger partial charge < -0.3 is 10.5 Å². The molecule has 7 heteroatoms. The van der Waals surface area contributed by atoms with Gasteiger partial charge in [0.1, 0.15) is 5.82 Å². The first kappa shape index (κ1) is 13.9. The number of sulfonamides is 1. The molecule has 0 aromatic heterocycles. The first-order chi connectivity index (χ1) is 7.85. The van der Waals surface area contributed by atoms with Crippen molar-refractivity contribution in [1.29, 1.82) is 0 Å². The van der Waals surface area contributed by atoms with Gasteiger partial charge in [0.15, 0.2) is 0 Å². The summed E-state index contributed by atoms with van der Waals surface area (Å²) in [6.45, 7) is 1.82. The lowest BCUT2D eigenvalue weighted by atomic mass is 10.3. The molecule has 0 bridgehead atoms. The van der Waals surface area contributed by atoms with Crippen molar-refractivity contribution in [2.24, 2.45) is 0 Å². The second-order valence-electron chi connectivity index (χ2n) is 3.62. The zero-order valence-electron chi connectivity index (χ0n) is 9.60. The van der Waals surface area contributed by atoms with E-state index in [9.17, 15) is 12.8 Å². The molecule has 96 valence electrons. The van der Waals surface area contributed by atoms with Gasteiger partial charge in [-0.05, 0) is 25.1 Å². The fraction of sp³-hybridized carbons (Fsp3) is 0.400. The topological polar surface area (TPSA) is 81.4 Å². The molecule has 1 atom stereocenters. The molecule has 0 saturated carbocycles. The van der Waals surface area contributed by atoms with Gasteiger partial charge in [-0.2, -0.15) is 0 Å². The van der Waals surface area contributed by atoms with Gasteiger partial charge in [-0.1, -0.05) is 0 Å². The largest absolute Gasteiger partial charge is 0.399 e. The van der Waals surface area contributed by atoms with Crippen LogP contribution in [-0.2, 0) is 14.8 Å². The minimum atomic E-state index is -3.76. The van der Waals surface area contributed by atoms with E-state index in [4.69, 9.17) is 10.5 Å². The van der Waals surface area contributed by atoms with Gasteiger partial charge >= 0.3 is 0 Å². The third-order valence-corrected chi connectivity index (χ3v) is 3.57. The molecule has 5 nitrogen and oxygen atoms in total. The summed E-state index contributed by atoms with van der Waals surface area (Å²) in [5, 5.41) is 0. The van der Waals surface area contributed by atoms with Crippen LogP contribution in [0.25, 0.3) is 0 Å². The average Bonchev–Trinajstić information content (AvgIpc) is 2.24. The first-order valence-corrected chi connectivity index (χ1v) is 6.42. The van der Waals surface area contributed by atoms with Crippen LogP contribution >= 0.6 is 0 Å². The molecule has 0 amide bonds. The van der Waals surface area contributed by atoms with Crippen molar-refractivity contribution in [3.05, 3.63) is 24.0 Å². The molecule has 0 radical (unpaired) electrons. The SMILES string of the molecule is COC(C)CNS(=O)(=O)c1cc(N)cc(F)c1. The Balaban J connectivity index is 2.89. The maximum atomic E-state index is 13.0. The molecule has 0 spiro atoms. The molecule has 0 heterocycles. The molecule has 0 fully saturated rings. The summed E-state index contributed by atoms with van der Waals surface area (Å²) in [4.78, 5) is -0.196. The standard InChI is InChI=1S/C10H15FN2O3S/c1-7(16-2)6-13-17(14,15)10-4-8(11)3-9(12)5-10/h3-5,7,13H,6,12H2,1-2H3. The molecule has 3 N–H and O–H groups in total. The van der Waals surface area contributed by atoms with Crippen molar-refractivity contribution in [1.82, 2.24) is 4.72 Å². The van der Waals surface area contributed by atoms with Crippen LogP contribution in [-0.4, -0.2) is 28.2 Å². The Labute approximate surface area is 99.8 Å². The number of methoxy groups -OCH3 is 1. The predicted molar refractivity (Wildman–Crippen MR) is 62.5 cm³/mol. The van der Waals surface area contributed by atoms with Crippen molar-refractivity contribution in [2.75, 3.05) is 19.4 Å². The zero-order chi connectivity index (χ0) is 13.1. The average molecular weight is 262 g/mol. The lowest BCUT2D eigenvalue weighted by Crippen LogP contribution is -2.31. The van der Waals surface area contributed by atoms with Crippen LogP contribution in [0.3, 0.4) is 0 Å². The van der Waals surface area contributed by atoms with Gasteiger partial charge in [0.2, 0.25) is 10.0 Å². The molecular formula is C10H15FN2O3S. The molecule has 1 rings (SSSR count). The summed E-state index contributed by atoms with van der Waals surface area (Å²) in [5.41, 5.74) is 5.44. The molecule has 1 aromatic rings. The quantitative estimate of drug-likeness (QED) is 0.766. The van der Waals surface area contributed by atoms with Crippen molar-refractivity contribution in [2.45, 2.75) is 17.9 Å².